The highest BCUT2D eigenvalue weighted by Crippen LogP contribution is 2.29. The number of nitrogen functional groups attached to an aromatic ring is 2. The van der Waals surface area contributed by atoms with Gasteiger partial charge in [0.05, 0.1) is 20.3 Å². The first-order valence-corrected chi connectivity index (χ1v) is 9.50. The van der Waals surface area contributed by atoms with Gasteiger partial charge in [0.15, 0.2) is 11.5 Å². The zero-order valence-corrected chi connectivity index (χ0v) is 16.5. The van der Waals surface area contributed by atoms with E-state index in [1.165, 1.54) is 0 Å². The number of unbranched alkanes of at least 4 members (excludes halogenated alkanes) is 1. The van der Waals surface area contributed by atoms with Crippen LogP contribution in [0.25, 0.3) is 0 Å². The number of nitrogens with two attached hydrogens (primary N) is 2. The molecule has 2 aromatic carbocycles. The minimum absolute atomic E-state index is 0.168. The van der Waals surface area contributed by atoms with Crippen LogP contribution in [-0.2, 0) is 6.42 Å². The Kier molecular flexibility index (Phi) is 7.10. The van der Waals surface area contributed by atoms with E-state index in [2.05, 4.69) is 9.97 Å². The molecule has 0 amide bonds. The summed E-state index contributed by atoms with van der Waals surface area (Å²) < 4.78 is 17.1. The summed E-state index contributed by atoms with van der Waals surface area (Å²) in [5.74, 6) is 2.82. The summed E-state index contributed by atoms with van der Waals surface area (Å²) in [6.45, 7) is 1.23. The Morgan fingerprint density at radius 2 is 1.66 bits per heavy atom. The number of para-hydroxylation sites is 1. The number of hydrogen-bond donors (Lipinski definition) is 2. The van der Waals surface area contributed by atoms with Crippen LogP contribution in [0.5, 0.6) is 17.2 Å². The zero-order chi connectivity index (χ0) is 20.5. The lowest BCUT2D eigenvalue weighted by Gasteiger charge is -2.13. The molecular weight excluding hydrogens is 368 g/mol. The largest absolute Gasteiger partial charge is 0.494 e. The Morgan fingerprint density at radius 3 is 2.38 bits per heavy atom. The van der Waals surface area contributed by atoms with E-state index in [4.69, 9.17) is 25.7 Å². The standard InChI is InChI=1S/C22H26N4O3/c1-27-19-10-9-16(13-17-15-25-22(24)26-21(17)23)14-20(19)29-12-6-5-11-28-18-7-3-2-4-8-18/h2-4,7-10,14-15H,5-6,11-13H2,1H3,(H4,23,24,25,26). The fourth-order valence-corrected chi connectivity index (χ4v) is 2.83. The van der Waals surface area contributed by atoms with Crippen LogP contribution in [0, 0.1) is 0 Å². The van der Waals surface area contributed by atoms with Gasteiger partial charge in [-0.15, -0.1) is 0 Å². The van der Waals surface area contributed by atoms with E-state index < -0.39 is 0 Å². The Morgan fingerprint density at radius 1 is 0.897 bits per heavy atom. The molecule has 0 saturated heterocycles. The molecule has 152 valence electrons. The summed E-state index contributed by atoms with van der Waals surface area (Å²) in [7, 11) is 1.63. The number of benzene rings is 2. The van der Waals surface area contributed by atoms with E-state index in [1.54, 1.807) is 13.3 Å². The third kappa shape index (κ3) is 6.00. The smallest absolute Gasteiger partial charge is 0.221 e. The van der Waals surface area contributed by atoms with Gasteiger partial charge in [-0.3, -0.25) is 0 Å². The lowest BCUT2D eigenvalue weighted by Crippen LogP contribution is -2.05. The van der Waals surface area contributed by atoms with Gasteiger partial charge in [0.1, 0.15) is 11.6 Å². The molecule has 0 unspecified atom stereocenters. The summed E-state index contributed by atoms with van der Waals surface area (Å²) in [4.78, 5) is 8.01. The third-order valence-corrected chi connectivity index (χ3v) is 4.35. The highest BCUT2D eigenvalue weighted by Gasteiger charge is 2.09. The second-order valence-electron chi connectivity index (χ2n) is 6.52. The molecule has 0 fully saturated rings. The van der Waals surface area contributed by atoms with Crippen LogP contribution in [0.2, 0.25) is 0 Å². The van der Waals surface area contributed by atoms with Gasteiger partial charge in [-0.25, -0.2) is 4.98 Å². The number of ether oxygens (including phenoxy) is 3. The van der Waals surface area contributed by atoms with E-state index in [0.29, 0.717) is 37.0 Å². The number of nitrogens with zero attached hydrogens (tertiary/aromatic N) is 2. The van der Waals surface area contributed by atoms with Gasteiger partial charge in [0.2, 0.25) is 5.95 Å². The molecule has 0 bridgehead atoms. The first kappa shape index (κ1) is 20.3. The Bertz CT molecular complexity index is 919. The average molecular weight is 394 g/mol. The van der Waals surface area contributed by atoms with Gasteiger partial charge in [-0.1, -0.05) is 24.3 Å². The van der Waals surface area contributed by atoms with Crippen molar-refractivity contribution in [2.45, 2.75) is 19.3 Å². The van der Waals surface area contributed by atoms with Crippen LogP contribution in [0.4, 0.5) is 11.8 Å². The van der Waals surface area contributed by atoms with Crippen molar-refractivity contribution in [3.05, 3.63) is 65.9 Å². The minimum Gasteiger partial charge on any atom is -0.494 e. The van der Waals surface area contributed by atoms with Crippen molar-refractivity contribution in [2.24, 2.45) is 0 Å². The van der Waals surface area contributed by atoms with Crippen molar-refractivity contribution < 1.29 is 14.2 Å². The van der Waals surface area contributed by atoms with Crippen molar-refractivity contribution in [3.63, 3.8) is 0 Å². The maximum atomic E-state index is 5.94. The number of rotatable bonds is 10. The fourth-order valence-electron chi connectivity index (χ4n) is 2.83. The molecule has 0 aliphatic heterocycles. The summed E-state index contributed by atoms with van der Waals surface area (Å²) in [5.41, 5.74) is 13.3. The second-order valence-corrected chi connectivity index (χ2v) is 6.52. The molecule has 0 aliphatic carbocycles. The average Bonchev–Trinajstić information content (AvgIpc) is 2.73. The lowest BCUT2D eigenvalue weighted by atomic mass is 10.1. The van der Waals surface area contributed by atoms with Gasteiger partial charge in [-0.2, -0.15) is 4.98 Å². The van der Waals surface area contributed by atoms with Crippen LogP contribution in [0.15, 0.2) is 54.7 Å². The number of hydrogen-bond acceptors (Lipinski definition) is 7. The van der Waals surface area contributed by atoms with Gasteiger partial charge < -0.3 is 25.7 Å². The molecule has 3 aromatic rings. The SMILES string of the molecule is COc1ccc(Cc2cnc(N)nc2N)cc1OCCCCOc1ccccc1. The van der Waals surface area contributed by atoms with Crippen molar-refractivity contribution in [2.75, 3.05) is 31.8 Å². The second kappa shape index (κ2) is 10.2. The van der Waals surface area contributed by atoms with E-state index in [9.17, 15) is 0 Å². The summed E-state index contributed by atoms with van der Waals surface area (Å²) >= 11 is 0. The molecule has 0 radical (unpaired) electrons. The maximum Gasteiger partial charge on any atom is 0.221 e. The van der Waals surface area contributed by atoms with E-state index >= 15 is 0 Å². The first-order chi connectivity index (χ1) is 14.2. The van der Waals surface area contributed by atoms with Gasteiger partial charge >= 0.3 is 0 Å². The monoisotopic (exact) mass is 394 g/mol. The molecule has 7 nitrogen and oxygen atoms in total. The summed E-state index contributed by atoms with van der Waals surface area (Å²) in [6, 6.07) is 15.6. The molecule has 0 aliphatic rings. The van der Waals surface area contributed by atoms with Crippen LogP contribution >= 0.6 is 0 Å². The third-order valence-electron chi connectivity index (χ3n) is 4.35. The van der Waals surface area contributed by atoms with Crippen molar-refractivity contribution >= 4 is 11.8 Å². The van der Waals surface area contributed by atoms with Crippen LogP contribution in [0.1, 0.15) is 24.0 Å². The minimum atomic E-state index is 0.168. The molecular formula is C22H26N4O3. The molecule has 4 N–H and O–H groups in total. The molecule has 3 rings (SSSR count). The fraction of sp³-hybridized carbons (Fsp3) is 0.273. The van der Waals surface area contributed by atoms with Gasteiger partial charge in [-0.05, 0) is 42.7 Å². The van der Waals surface area contributed by atoms with Crippen LogP contribution in [0.3, 0.4) is 0 Å². The van der Waals surface area contributed by atoms with Crippen LogP contribution < -0.4 is 25.7 Å². The highest BCUT2D eigenvalue weighted by atomic mass is 16.5. The number of anilines is 2. The number of methoxy groups -OCH3 is 1. The molecule has 29 heavy (non-hydrogen) atoms. The van der Waals surface area contributed by atoms with E-state index in [-0.39, 0.29) is 5.95 Å². The summed E-state index contributed by atoms with van der Waals surface area (Å²) in [5, 5.41) is 0. The Hall–Kier alpha value is -3.48. The Balaban J connectivity index is 1.52. The molecule has 1 heterocycles. The topological polar surface area (TPSA) is 106 Å². The maximum absolute atomic E-state index is 5.94. The lowest BCUT2D eigenvalue weighted by molar-refractivity contribution is 0.258. The van der Waals surface area contributed by atoms with E-state index in [0.717, 1.165) is 29.7 Å². The molecule has 0 spiro atoms. The zero-order valence-electron chi connectivity index (χ0n) is 16.5. The van der Waals surface area contributed by atoms with Crippen molar-refractivity contribution in [1.82, 2.24) is 9.97 Å². The predicted molar refractivity (Wildman–Crippen MR) is 113 cm³/mol. The van der Waals surface area contributed by atoms with E-state index in [1.807, 2.05) is 48.5 Å². The predicted octanol–water partition coefficient (Wildman–Crippen LogP) is 3.48. The summed E-state index contributed by atoms with van der Waals surface area (Å²) in [6.07, 6.45) is 4.00. The molecule has 0 atom stereocenters. The molecule has 7 heteroatoms. The van der Waals surface area contributed by atoms with Crippen molar-refractivity contribution in [3.8, 4) is 17.2 Å². The molecule has 0 saturated carbocycles. The highest BCUT2D eigenvalue weighted by molar-refractivity contribution is 5.48. The van der Waals surface area contributed by atoms with Gasteiger partial charge in [0.25, 0.3) is 0 Å². The van der Waals surface area contributed by atoms with Crippen molar-refractivity contribution in [1.29, 1.82) is 0 Å². The number of aromatic nitrogens is 2. The normalized spacial score (nSPS) is 10.5. The quantitative estimate of drug-likeness (QED) is 0.507. The molecule has 1 aromatic heterocycles. The Labute approximate surface area is 170 Å². The van der Waals surface area contributed by atoms with Crippen LogP contribution in [-0.4, -0.2) is 30.3 Å². The first-order valence-electron chi connectivity index (χ1n) is 9.50. The van der Waals surface area contributed by atoms with Gasteiger partial charge in [0, 0.05) is 18.2 Å².